The molecular formula is C16H24O3. The third-order valence-corrected chi connectivity index (χ3v) is 3.70. The second-order valence-corrected chi connectivity index (χ2v) is 5.20. The van der Waals surface area contributed by atoms with Gasteiger partial charge in [0.2, 0.25) is 0 Å². The van der Waals surface area contributed by atoms with Crippen molar-refractivity contribution in [3.63, 3.8) is 0 Å². The second kappa shape index (κ2) is 7.99. The van der Waals surface area contributed by atoms with Crippen molar-refractivity contribution < 1.29 is 14.3 Å². The van der Waals surface area contributed by atoms with E-state index in [0.717, 1.165) is 19.3 Å². The van der Waals surface area contributed by atoms with Crippen molar-refractivity contribution in [2.45, 2.75) is 65.4 Å². The van der Waals surface area contributed by atoms with Crippen LogP contribution < -0.4 is 0 Å². The summed E-state index contributed by atoms with van der Waals surface area (Å²) in [4.78, 5) is 23.6. The fourth-order valence-corrected chi connectivity index (χ4v) is 2.38. The van der Waals surface area contributed by atoms with E-state index in [2.05, 4.69) is 11.8 Å². The summed E-state index contributed by atoms with van der Waals surface area (Å²) < 4.78 is 5.28. The van der Waals surface area contributed by atoms with Gasteiger partial charge in [-0.1, -0.05) is 13.8 Å². The van der Waals surface area contributed by atoms with E-state index < -0.39 is 0 Å². The van der Waals surface area contributed by atoms with Crippen LogP contribution in [0.25, 0.3) is 0 Å². The summed E-state index contributed by atoms with van der Waals surface area (Å²) >= 11 is 0. The Morgan fingerprint density at radius 1 is 1.42 bits per heavy atom. The van der Waals surface area contributed by atoms with Crippen LogP contribution in [0.4, 0.5) is 0 Å². The summed E-state index contributed by atoms with van der Waals surface area (Å²) in [7, 11) is 0. The Kier molecular flexibility index (Phi) is 6.62. The Hall–Kier alpha value is -1.30. The molecule has 0 aromatic carbocycles. The normalized spacial score (nSPS) is 23.6. The summed E-state index contributed by atoms with van der Waals surface area (Å²) in [5, 5.41) is 0. The van der Waals surface area contributed by atoms with Gasteiger partial charge < -0.3 is 4.74 Å². The fourth-order valence-electron chi connectivity index (χ4n) is 2.38. The van der Waals surface area contributed by atoms with Crippen molar-refractivity contribution >= 4 is 11.8 Å². The molecule has 19 heavy (non-hydrogen) atoms. The van der Waals surface area contributed by atoms with E-state index in [4.69, 9.17) is 4.74 Å². The van der Waals surface area contributed by atoms with Crippen LogP contribution in [-0.4, -0.2) is 17.9 Å². The van der Waals surface area contributed by atoms with E-state index in [1.165, 1.54) is 0 Å². The van der Waals surface area contributed by atoms with Gasteiger partial charge in [0.1, 0.15) is 5.78 Å². The molecule has 0 radical (unpaired) electrons. The van der Waals surface area contributed by atoms with Crippen molar-refractivity contribution in [1.29, 1.82) is 0 Å². The molecule has 106 valence electrons. The van der Waals surface area contributed by atoms with Crippen molar-refractivity contribution in [3.05, 3.63) is 0 Å². The lowest BCUT2D eigenvalue weighted by Crippen LogP contribution is -2.21. The Labute approximate surface area is 116 Å². The SMILES string of the molecule is CCC#CCC1C(=O)CCC1CC(=O)OC(C)CC. The molecule has 3 unspecified atom stereocenters. The van der Waals surface area contributed by atoms with Gasteiger partial charge in [0, 0.05) is 31.6 Å². The molecule has 0 heterocycles. The topological polar surface area (TPSA) is 43.4 Å². The molecular weight excluding hydrogens is 240 g/mol. The maximum absolute atomic E-state index is 11.8. The van der Waals surface area contributed by atoms with E-state index >= 15 is 0 Å². The van der Waals surface area contributed by atoms with Crippen molar-refractivity contribution in [3.8, 4) is 11.8 Å². The monoisotopic (exact) mass is 264 g/mol. The average Bonchev–Trinajstić information content (AvgIpc) is 2.71. The zero-order valence-corrected chi connectivity index (χ0v) is 12.2. The summed E-state index contributed by atoms with van der Waals surface area (Å²) in [5.74, 6) is 6.16. The molecule has 3 atom stereocenters. The van der Waals surface area contributed by atoms with Gasteiger partial charge in [-0.15, -0.1) is 11.8 Å². The standard InChI is InChI=1S/C16H24O3/c1-4-6-7-8-14-13(9-10-15(14)17)11-16(18)19-12(3)5-2/h12-14H,4-5,8-11H2,1-3H3. The minimum Gasteiger partial charge on any atom is -0.463 e. The zero-order chi connectivity index (χ0) is 14.3. The molecule has 0 aromatic heterocycles. The van der Waals surface area contributed by atoms with Crippen LogP contribution in [0.15, 0.2) is 0 Å². The predicted molar refractivity (Wildman–Crippen MR) is 74.4 cm³/mol. The van der Waals surface area contributed by atoms with E-state index in [-0.39, 0.29) is 29.7 Å². The molecule has 0 bridgehead atoms. The number of carbonyl (C=O) groups excluding carboxylic acids is 2. The van der Waals surface area contributed by atoms with Crippen LogP contribution in [0.3, 0.4) is 0 Å². The minimum atomic E-state index is -0.178. The van der Waals surface area contributed by atoms with E-state index in [1.54, 1.807) is 0 Å². The number of hydrogen-bond donors (Lipinski definition) is 0. The van der Waals surface area contributed by atoms with Crippen molar-refractivity contribution in [2.75, 3.05) is 0 Å². The average molecular weight is 264 g/mol. The summed E-state index contributed by atoms with van der Waals surface area (Å²) in [6.07, 6.45) is 3.92. The Bertz CT molecular complexity index is 375. The summed E-state index contributed by atoms with van der Waals surface area (Å²) in [5.41, 5.74) is 0. The van der Waals surface area contributed by atoms with Crippen molar-refractivity contribution in [2.24, 2.45) is 11.8 Å². The van der Waals surface area contributed by atoms with Gasteiger partial charge in [0.25, 0.3) is 0 Å². The quantitative estimate of drug-likeness (QED) is 0.566. The number of esters is 1. The van der Waals surface area contributed by atoms with Gasteiger partial charge in [0.15, 0.2) is 0 Å². The van der Waals surface area contributed by atoms with Crippen LogP contribution in [0.5, 0.6) is 0 Å². The molecule has 3 heteroatoms. The number of ketones is 1. The minimum absolute atomic E-state index is 0.0389. The van der Waals surface area contributed by atoms with Gasteiger partial charge in [-0.3, -0.25) is 9.59 Å². The molecule has 3 nitrogen and oxygen atoms in total. The van der Waals surface area contributed by atoms with Crippen LogP contribution in [0, 0.1) is 23.7 Å². The van der Waals surface area contributed by atoms with E-state index in [0.29, 0.717) is 19.3 Å². The van der Waals surface area contributed by atoms with Gasteiger partial charge in [-0.05, 0) is 25.7 Å². The lowest BCUT2D eigenvalue weighted by molar-refractivity contribution is -0.149. The molecule has 0 amide bonds. The predicted octanol–water partition coefficient (Wildman–Crippen LogP) is 3.12. The number of hydrogen-bond acceptors (Lipinski definition) is 3. The van der Waals surface area contributed by atoms with Crippen LogP contribution in [0.2, 0.25) is 0 Å². The van der Waals surface area contributed by atoms with Gasteiger partial charge in [-0.2, -0.15) is 0 Å². The van der Waals surface area contributed by atoms with Crippen LogP contribution in [0.1, 0.15) is 59.3 Å². The third kappa shape index (κ3) is 5.06. The molecule has 0 N–H and O–H groups in total. The van der Waals surface area contributed by atoms with Crippen molar-refractivity contribution in [1.82, 2.24) is 0 Å². The first kappa shape index (κ1) is 15.8. The first-order chi connectivity index (χ1) is 9.08. The van der Waals surface area contributed by atoms with Crippen LogP contribution >= 0.6 is 0 Å². The highest BCUT2D eigenvalue weighted by Gasteiger charge is 2.35. The summed E-state index contributed by atoms with van der Waals surface area (Å²) in [6, 6.07) is 0. The maximum Gasteiger partial charge on any atom is 0.306 e. The smallest absolute Gasteiger partial charge is 0.306 e. The number of Topliss-reactive ketones (excluding diaryl/α,β-unsaturated/α-hetero) is 1. The molecule has 0 saturated heterocycles. The number of rotatable bonds is 5. The molecule has 0 spiro atoms. The Balaban J connectivity index is 2.51. The molecule has 1 aliphatic rings. The Morgan fingerprint density at radius 2 is 2.16 bits per heavy atom. The third-order valence-electron chi connectivity index (χ3n) is 3.70. The maximum atomic E-state index is 11.8. The first-order valence-corrected chi connectivity index (χ1v) is 7.26. The molecule has 0 aliphatic heterocycles. The highest BCUT2D eigenvalue weighted by molar-refractivity contribution is 5.84. The lowest BCUT2D eigenvalue weighted by atomic mass is 9.90. The van der Waals surface area contributed by atoms with Gasteiger partial charge >= 0.3 is 5.97 Å². The number of carbonyl (C=O) groups is 2. The molecule has 1 fully saturated rings. The van der Waals surface area contributed by atoms with Gasteiger partial charge in [-0.25, -0.2) is 0 Å². The molecule has 1 rings (SSSR count). The molecule has 1 saturated carbocycles. The first-order valence-electron chi connectivity index (χ1n) is 7.26. The fraction of sp³-hybridized carbons (Fsp3) is 0.750. The van der Waals surface area contributed by atoms with E-state index in [1.807, 2.05) is 20.8 Å². The highest BCUT2D eigenvalue weighted by Crippen LogP contribution is 2.33. The van der Waals surface area contributed by atoms with E-state index in [9.17, 15) is 9.59 Å². The second-order valence-electron chi connectivity index (χ2n) is 5.20. The Morgan fingerprint density at radius 3 is 2.79 bits per heavy atom. The largest absolute Gasteiger partial charge is 0.463 e. The lowest BCUT2D eigenvalue weighted by Gasteiger charge is -2.17. The number of ether oxygens (including phenoxy) is 1. The van der Waals surface area contributed by atoms with Crippen LogP contribution in [-0.2, 0) is 14.3 Å². The zero-order valence-electron chi connectivity index (χ0n) is 12.2. The van der Waals surface area contributed by atoms with Gasteiger partial charge in [0.05, 0.1) is 6.10 Å². The molecule has 1 aliphatic carbocycles. The molecule has 0 aromatic rings. The highest BCUT2D eigenvalue weighted by atomic mass is 16.5. The summed E-state index contributed by atoms with van der Waals surface area (Å²) in [6.45, 7) is 5.87.